The lowest BCUT2D eigenvalue weighted by Crippen LogP contribution is -2.44. The summed E-state index contributed by atoms with van der Waals surface area (Å²) in [7, 11) is 2.18. The Morgan fingerprint density at radius 1 is 1.52 bits per heavy atom. The molecule has 1 saturated heterocycles. The minimum atomic E-state index is -0.915. The second-order valence-corrected chi connectivity index (χ2v) is 7.55. The van der Waals surface area contributed by atoms with Crippen LogP contribution in [0, 0.1) is 5.92 Å². The van der Waals surface area contributed by atoms with Crippen LogP contribution in [0.3, 0.4) is 0 Å². The summed E-state index contributed by atoms with van der Waals surface area (Å²) in [5.74, 6) is 1.45. The molecule has 0 aromatic carbocycles. The number of thiophene rings is 1. The molecular weight excluding hydrogens is 308 g/mol. The van der Waals surface area contributed by atoms with Crippen molar-refractivity contribution in [3.8, 4) is 0 Å². The molecule has 0 aliphatic carbocycles. The standard InChI is InChI=1S/C17H30N4OS/c1-4-18-16(19-11-14-7-5-9-21(3)12-14)20-13-17(2,22)15-8-6-10-23-15/h6,8,10,14,22H,4-5,7,9,11-13H2,1-3H3,(H2,18,19,20). The van der Waals surface area contributed by atoms with E-state index in [-0.39, 0.29) is 0 Å². The molecule has 2 heterocycles. The number of piperidine rings is 1. The van der Waals surface area contributed by atoms with Gasteiger partial charge in [-0.25, -0.2) is 4.99 Å². The third kappa shape index (κ3) is 5.79. The van der Waals surface area contributed by atoms with Gasteiger partial charge in [-0.3, -0.25) is 0 Å². The average Bonchev–Trinajstić information content (AvgIpc) is 3.05. The van der Waals surface area contributed by atoms with Gasteiger partial charge in [0.05, 0.1) is 6.54 Å². The van der Waals surface area contributed by atoms with E-state index < -0.39 is 5.60 Å². The molecule has 0 saturated carbocycles. The van der Waals surface area contributed by atoms with Crippen molar-refractivity contribution >= 4 is 17.3 Å². The van der Waals surface area contributed by atoms with Crippen molar-refractivity contribution in [1.29, 1.82) is 0 Å². The maximum atomic E-state index is 10.6. The molecule has 0 amide bonds. The summed E-state index contributed by atoms with van der Waals surface area (Å²) in [5, 5.41) is 19.3. The zero-order valence-corrected chi connectivity index (χ0v) is 15.3. The fourth-order valence-corrected chi connectivity index (χ4v) is 3.70. The van der Waals surface area contributed by atoms with Gasteiger partial charge in [0, 0.05) is 24.5 Å². The molecule has 2 unspecified atom stereocenters. The Morgan fingerprint density at radius 3 is 3.00 bits per heavy atom. The van der Waals surface area contributed by atoms with E-state index >= 15 is 0 Å². The van der Waals surface area contributed by atoms with Gasteiger partial charge in [-0.1, -0.05) is 6.07 Å². The zero-order valence-electron chi connectivity index (χ0n) is 14.5. The molecule has 130 valence electrons. The predicted octanol–water partition coefficient (Wildman–Crippen LogP) is 1.85. The third-order valence-corrected chi connectivity index (χ3v) is 5.34. The van der Waals surface area contributed by atoms with Gasteiger partial charge in [0.25, 0.3) is 0 Å². The number of hydrogen-bond donors (Lipinski definition) is 3. The highest BCUT2D eigenvalue weighted by Crippen LogP contribution is 2.25. The lowest BCUT2D eigenvalue weighted by molar-refractivity contribution is 0.0711. The number of nitrogens with one attached hydrogen (secondary N) is 2. The average molecular weight is 339 g/mol. The normalized spacial score (nSPS) is 22.6. The Labute approximate surface area is 143 Å². The second-order valence-electron chi connectivity index (χ2n) is 6.60. The Hall–Kier alpha value is -1.11. The summed E-state index contributed by atoms with van der Waals surface area (Å²) in [5.41, 5.74) is -0.915. The first-order chi connectivity index (χ1) is 11.0. The molecule has 1 aliphatic rings. The lowest BCUT2D eigenvalue weighted by atomic mass is 9.99. The first kappa shape index (κ1) is 18.2. The van der Waals surface area contributed by atoms with Gasteiger partial charge >= 0.3 is 0 Å². The van der Waals surface area contributed by atoms with Crippen molar-refractivity contribution in [3.63, 3.8) is 0 Å². The number of guanidine groups is 1. The minimum absolute atomic E-state index is 0.355. The van der Waals surface area contributed by atoms with E-state index in [4.69, 9.17) is 0 Å². The molecule has 2 rings (SSSR count). The van der Waals surface area contributed by atoms with Gasteiger partial charge in [-0.05, 0) is 57.6 Å². The topological polar surface area (TPSA) is 59.9 Å². The zero-order chi connectivity index (χ0) is 16.7. The largest absolute Gasteiger partial charge is 0.383 e. The van der Waals surface area contributed by atoms with Crippen LogP contribution in [0.5, 0.6) is 0 Å². The number of aliphatic hydroxyl groups is 1. The number of hydrogen-bond acceptors (Lipinski definition) is 4. The first-order valence-corrected chi connectivity index (χ1v) is 9.36. The van der Waals surface area contributed by atoms with Crippen molar-refractivity contribution in [2.45, 2.75) is 32.3 Å². The van der Waals surface area contributed by atoms with Gasteiger partial charge < -0.3 is 20.6 Å². The first-order valence-electron chi connectivity index (χ1n) is 8.48. The van der Waals surface area contributed by atoms with Crippen molar-refractivity contribution in [1.82, 2.24) is 15.5 Å². The fourth-order valence-electron chi connectivity index (χ4n) is 2.92. The van der Waals surface area contributed by atoms with Gasteiger partial charge in [0.15, 0.2) is 5.96 Å². The van der Waals surface area contributed by atoms with Crippen LogP contribution < -0.4 is 10.6 Å². The quantitative estimate of drug-likeness (QED) is 0.547. The molecule has 3 N–H and O–H groups in total. The van der Waals surface area contributed by atoms with E-state index in [1.165, 1.54) is 19.4 Å². The summed E-state index contributed by atoms with van der Waals surface area (Å²) >= 11 is 1.57. The molecule has 0 spiro atoms. The van der Waals surface area contributed by atoms with E-state index in [2.05, 4.69) is 34.5 Å². The summed E-state index contributed by atoms with van der Waals surface area (Å²) in [4.78, 5) is 7.92. The van der Waals surface area contributed by atoms with Crippen molar-refractivity contribution in [3.05, 3.63) is 22.4 Å². The lowest BCUT2D eigenvalue weighted by Gasteiger charge is -2.30. The predicted molar refractivity (Wildman–Crippen MR) is 98.1 cm³/mol. The van der Waals surface area contributed by atoms with E-state index in [0.29, 0.717) is 12.5 Å². The van der Waals surface area contributed by atoms with Crippen LogP contribution in [0.25, 0.3) is 0 Å². The summed E-state index contributed by atoms with van der Waals surface area (Å²) < 4.78 is 0. The smallest absolute Gasteiger partial charge is 0.191 e. The third-order valence-electron chi connectivity index (χ3n) is 4.22. The van der Waals surface area contributed by atoms with E-state index in [1.807, 2.05) is 24.4 Å². The Kier molecular flexibility index (Phi) is 6.87. The molecule has 1 aromatic heterocycles. The van der Waals surface area contributed by atoms with Crippen LogP contribution in [-0.4, -0.2) is 55.7 Å². The van der Waals surface area contributed by atoms with Crippen molar-refractivity contribution in [2.24, 2.45) is 10.9 Å². The molecule has 23 heavy (non-hydrogen) atoms. The maximum Gasteiger partial charge on any atom is 0.191 e. The minimum Gasteiger partial charge on any atom is -0.383 e. The van der Waals surface area contributed by atoms with E-state index in [9.17, 15) is 5.11 Å². The number of nitrogens with zero attached hydrogens (tertiary/aromatic N) is 2. The van der Waals surface area contributed by atoms with Crippen molar-refractivity contribution in [2.75, 3.05) is 39.8 Å². The van der Waals surface area contributed by atoms with Crippen molar-refractivity contribution < 1.29 is 5.11 Å². The molecular formula is C17H30N4OS. The van der Waals surface area contributed by atoms with Crippen LogP contribution in [0.4, 0.5) is 0 Å². The number of aliphatic imine (C=N–C) groups is 1. The van der Waals surface area contributed by atoms with E-state index in [1.54, 1.807) is 11.3 Å². The highest BCUT2D eigenvalue weighted by atomic mass is 32.1. The maximum absolute atomic E-state index is 10.6. The molecule has 1 aliphatic heterocycles. The van der Waals surface area contributed by atoms with Crippen LogP contribution in [0.1, 0.15) is 31.6 Å². The molecule has 2 atom stereocenters. The van der Waals surface area contributed by atoms with Gasteiger partial charge in [0.1, 0.15) is 5.60 Å². The fraction of sp³-hybridized carbons (Fsp3) is 0.706. The van der Waals surface area contributed by atoms with Crippen LogP contribution in [-0.2, 0) is 5.60 Å². The molecule has 0 bridgehead atoms. The molecule has 6 heteroatoms. The molecule has 1 aromatic rings. The highest BCUT2D eigenvalue weighted by molar-refractivity contribution is 7.10. The van der Waals surface area contributed by atoms with E-state index in [0.717, 1.165) is 30.5 Å². The van der Waals surface area contributed by atoms with Crippen LogP contribution in [0.2, 0.25) is 0 Å². The SMILES string of the molecule is CCNC(=NCC(C)(O)c1cccs1)NCC1CCCN(C)C1. The second kappa shape index (κ2) is 8.66. The monoisotopic (exact) mass is 338 g/mol. The summed E-state index contributed by atoms with van der Waals surface area (Å²) in [6.45, 7) is 8.32. The molecule has 0 radical (unpaired) electrons. The number of likely N-dealkylation sites (tertiary alicyclic amines) is 1. The van der Waals surface area contributed by atoms with Gasteiger partial charge in [0.2, 0.25) is 0 Å². The Balaban J connectivity index is 1.89. The van der Waals surface area contributed by atoms with Crippen LogP contribution in [0.15, 0.2) is 22.5 Å². The highest BCUT2D eigenvalue weighted by Gasteiger charge is 2.24. The summed E-state index contributed by atoms with van der Waals surface area (Å²) in [6.07, 6.45) is 2.53. The molecule has 1 fully saturated rings. The molecule has 5 nitrogen and oxygen atoms in total. The van der Waals surface area contributed by atoms with Gasteiger partial charge in [-0.15, -0.1) is 11.3 Å². The Bertz CT molecular complexity index is 487. The summed E-state index contributed by atoms with van der Waals surface area (Å²) in [6, 6.07) is 3.92. The van der Waals surface area contributed by atoms with Crippen LogP contribution >= 0.6 is 11.3 Å². The number of rotatable bonds is 6. The van der Waals surface area contributed by atoms with Gasteiger partial charge in [-0.2, -0.15) is 0 Å². The Morgan fingerprint density at radius 2 is 2.35 bits per heavy atom.